The Morgan fingerprint density at radius 3 is 2.30 bits per heavy atom. The number of carbonyl (C=O) groups is 2. The summed E-state index contributed by atoms with van der Waals surface area (Å²) in [4.78, 5) is 28.1. The second kappa shape index (κ2) is 10.1. The number of aliphatic hydroxyl groups is 1. The van der Waals surface area contributed by atoms with Crippen molar-refractivity contribution in [3.05, 3.63) is 52.4 Å². The molecule has 0 bridgehead atoms. The molecule has 1 atom stereocenters. The highest BCUT2D eigenvalue weighted by Gasteiger charge is 2.57. The van der Waals surface area contributed by atoms with Crippen LogP contribution in [0.2, 0.25) is 5.02 Å². The monoisotopic (exact) mass is 545 g/mol. The number of nitrogens with zero attached hydrogens (tertiary/aromatic N) is 1. The van der Waals surface area contributed by atoms with E-state index < -0.39 is 47.1 Å². The number of ether oxygens (including phenoxy) is 1. The number of hydrogen-bond acceptors (Lipinski definition) is 5. The normalized spacial score (nSPS) is 16.8. The van der Waals surface area contributed by atoms with Crippen LogP contribution in [-0.4, -0.2) is 40.4 Å². The Hall–Kier alpha value is -2.92. The fourth-order valence-electron chi connectivity index (χ4n) is 4.03. The number of alkyl halides is 3. The van der Waals surface area contributed by atoms with E-state index in [0.717, 1.165) is 12.1 Å². The zero-order valence-corrected chi connectivity index (χ0v) is 21.5. The van der Waals surface area contributed by atoms with E-state index in [9.17, 15) is 32.3 Å². The van der Waals surface area contributed by atoms with Gasteiger partial charge in [-0.3, -0.25) is 4.79 Å². The van der Waals surface area contributed by atoms with Crippen molar-refractivity contribution >= 4 is 23.6 Å². The first-order valence-electron chi connectivity index (χ1n) is 11.5. The zero-order valence-electron chi connectivity index (χ0n) is 20.7. The quantitative estimate of drug-likeness (QED) is 0.426. The first-order chi connectivity index (χ1) is 17.0. The van der Waals surface area contributed by atoms with Gasteiger partial charge in [0, 0.05) is 12.5 Å². The van der Waals surface area contributed by atoms with Gasteiger partial charge in [-0.2, -0.15) is 13.2 Å². The van der Waals surface area contributed by atoms with Crippen LogP contribution in [0.5, 0.6) is 0 Å². The van der Waals surface area contributed by atoms with Crippen molar-refractivity contribution in [2.24, 2.45) is 0 Å². The summed E-state index contributed by atoms with van der Waals surface area (Å²) in [6.45, 7) is 4.60. The van der Waals surface area contributed by atoms with Gasteiger partial charge in [-0.05, 0) is 75.9 Å². The first kappa shape index (κ1) is 28.6. The molecular weight excluding hydrogens is 518 g/mol. The minimum Gasteiger partial charge on any atom is -0.444 e. The number of amides is 2. The molecule has 1 aliphatic rings. The van der Waals surface area contributed by atoms with Gasteiger partial charge in [0.1, 0.15) is 11.4 Å². The first-order valence-corrected chi connectivity index (χ1v) is 11.9. The van der Waals surface area contributed by atoms with E-state index in [1.165, 1.54) is 45.9 Å². The maximum Gasteiger partial charge on any atom is 0.424 e. The fraction of sp³-hybridized carbons (Fsp3) is 0.480. The lowest BCUT2D eigenvalue weighted by atomic mass is 9.71. The van der Waals surface area contributed by atoms with Crippen molar-refractivity contribution in [1.82, 2.24) is 15.6 Å². The maximum atomic E-state index is 14.3. The third kappa shape index (κ3) is 6.32. The predicted octanol–water partition coefficient (Wildman–Crippen LogP) is 5.33. The maximum absolute atomic E-state index is 14.3. The molecule has 1 saturated carbocycles. The lowest BCUT2D eigenvalue weighted by molar-refractivity contribution is -0.265. The van der Waals surface area contributed by atoms with Gasteiger partial charge in [-0.25, -0.2) is 14.2 Å². The van der Waals surface area contributed by atoms with Gasteiger partial charge in [-0.1, -0.05) is 11.6 Å². The predicted molar refractivity (Wildman–Crippen MR) is 128 cm³/mol. The molecule has 2 aromatic rings. The minimum atomic E-state index is -5.27. The van der Waals surface area contributed by atoms with E-state index in [1.54, 1.807) is 0 Å². The lowest BCUT2D eigenvalue weighted by Gasteiger charge is -2.43. The van der Waals surface area contributed by atoms with Crippen LogP contribution in [0.3, 0.4) is 0 Å². The molecule has 2 amide bonds. The Kier molecular flexibility index (Phi) is 7.81. The van der Waals surface area contributed by atoms with Crippen molar-refractivity contribution in [1.29, 1.82) is 0 Å². The van der Waals surface area contributed by atoms with Crippen LogP contribution in [0.25, 0.3) is 11.3 Å². The van der Waals surface area contributed by atoms with E-state index >= 15 is 0 Å². The summed E-state index contributed by atoms with van der Waals surface area (Å²) in [5, 5.41) is 15.5. The second-order valence-electron chi connectivity index (χ2n) is 10.1. The Bertz CT molecular complexity index is 1200. The van der Waals surface area contributed by atoms with Crippen LogP contribution in [-0.2, 0) is 20.7 Å². The van der Waals surface area contributed by atoms with E-state index in [1.807, 2.05) is 5.32 Å². The molecule has 0 saturated heterocycles. The summed E-state index contributed by atoms with van der Waals surface area (Å²) in [7, 11) is 0. The van der Waals surface area contributed by atoms with Gasteiger partial charge < -0.3 is 20.5 Å². The highest BCUT2D eigenvalue weighted by Crippen LogP contribution is 2.45. The molecule has 1 aliphatic carbocycles. The molecule has 37 heavy (non-hydrogen) atoms. The number of rotatable bonds is 6. The summed E-state index contributed by atoms with van der Waals surface area (Å²) in [5.41, 5.74) is -5.98. The highest BCUT2D eigenvalue weighted by atomic mass is 35.5. The number of benzene rings is 1. The molecule has 1 heterocycles. The Morgan fingerprint density at radius 2 is 1.81 bits per heavy atom. The van der Waals surface area contributed by atoms with Gasteiger partial charge in [0.05, 0.1) is 28.5 Å². The number of pyridine rings is 1. The molecule has 12 heteroatoms. The highest BCUT2D eigenvalue weighted by molar-refractivity contribution is 6.31. The van der Waals surface area contributed by atoms with Crippen LogP contribution in [0, 0.1) is 5.82 Å². The number of aromatic nitrogens is 1. The molecular formula is C25H28ClF4N3O4. The molecule has 3 rings (SSSR count). The molecule has 1 unspecified atom stereocenters. The van der Waals surface area contributed by atoms with Crippen LogP contribution in [0.4, 0.5) is 22.4 Å². The SMILES string of the molecule is CC(=O)NC1(c2cc(-c3ccc(F)c(Cl)c3)nc(C(O)(CNC(=O)OC(C)(C)C)C(F)(F)F)c2)CCC1. The summed E-state index contributed by atoms with van der Waals surface area (Å²) >= 11 is 5.89. The Morgan fingerprint density at radius 1 is 1.16 bits per heavy atom. The number of halogens is 5. The molecule has 0 spiro atoms. The van der Waals surface area contributed by atoms with Gasteiger partial charge >= 0.3 is 12.3 Å². The van der Waals surface area contributed by atoms with Gasteiger partial charge in [0.2, 0.25) is 11.5 Å². The van der Waals surface area contributed by atoms with Crippen molar-refractivity contribution in [2.75, 3.05) is 6.54 Å². The molecule has 7 nitrogen and oxygen atoms in total. The molecule has 0 radical (unpaired) electrons. The average molecular weight is 546 g/mol. The van der Waals surface area contributed by atoms with Crippen molar-refractivity contribution < 1.29 is 37.0 Å². The number of hydrogen-bond donors (Lipinski definition) is 3. The molecule has 3 N–H and O–H groups in total. The van der Waals surface area contributed by atoms with Gasteiger partial charge in [0.25, 0.3) is 0 Å². The third-order valence-electron chi connectivity index (χ3n) is 6.00. The molecule has 1 aromatic carbocycles. The summed E-state index contributed by atoms with van der Waals surface area (Å²) in [5.74, 6) is -1.12. The van der Waals surface area contributed by atoms with E-state index in [2.05, 4.69) is 10.3 Å². The fourth-order valence-corrected chi connectivity index (χ4v) is 4.21. The van der Waals surface area contributed by atoms with E-state index in [-0.39, 0.29) is 27.8 Å². The van der Waals surface area contributed by atoms with Crippen LogP contribution in [0.15, 0.2) is 30.3 Å². The van der Waals surface area contributed by atoms with Crippen LogP contribution < -0.4 is 10.6 Å². The van der Waals surface area contributed by atoms with E-state index in [4.69, 9.17) is 16.3 Å². The lowest BCUT2D eigenvalue weighted by Crippen LogP contribution is -2.53. The molecule has 1 aromatic heterocycles. The van der Waals surface area contributed by atoms with Gasteiger partial charge in [-0.15, -0.1) is 0 Å². The summed E-state index contributed by atoms with van der Waals surface area (Å²) < 4.78 is 61.8. The third-order valence-corrected chi connectivity index (χ3v) is 6.29. The van der Waals surface area contributed by atoms with Gasteiger partial charge in [0.15, 0.2) is 0 Å². The topological polar surface area (TPSA) is 101 Å². The largest absolute Gasteiger partial charge is 0.444 e. The number of nitrogens with one attached hydrogen (secondary N) is 2. The molecule has 0 aliphatic heterocycles. The van der Waals surface area contributed by atoms with Crippen LogP contribution in [0.1, 0.15) is 58.2 Å². The zero-order chi connectivity index (χ0) is 27.8. The standard InChI is InChI=1S/C25H28ClF4N3O4/c1-14(34)33-23(8-5-9-23)16-11-19(15-6-7-18(27)17(26)10-15)32-20(12-16)24(36,25(28,29)30)13-31-21(35)37-22(2,3)4/h6-7,10-12,36H,5,8-9,13H2,1-4H3,(H,31,35)(H,33,34). The summed E-state index contributed by atoms with van der Waals surface area (Å²) in [6.07, 6.45) is -4.84. The second-order valence-corrected chi connectivity index (χ2v) is 10.5. The van der Waals surface area contributed by atoms with Crippen molar-refractivity contribution in [3.63, 3.8) is 0 Å². The van der Waals surface area contributed by atoms with Crippen LogP contribution >= 0.6 is 11.6 Å². The Labute approximate surface area is 216 Å². The van der Waals surface area contributed by atoms with Crippen molar-refractivity contribution in [3.8, 4) is 11.3 Å². The number of alkyl carbamates (subject to hydrolysis) is 1. The average Bonchev–Trinajstić information content (AvgIpc) is 2.74. The number of carbonyl (C=O) groups excluding carboxylic acids is 2. The minimum absolute atomic E-state index is 0.0361. The molecule has 202 valence electrons. The summed E-state index contributed by atoms with van der Waals surface area (Å²) in [6, 6.07) is 6.06. The van der Waals surface area contributed by atoms with E-state index in [0.29, 0.717) is 19.3 Å². The van der Waals surface area contributed by atoms with Crippen molar-refractivity contribution in [2.45, 2.75) is 69.9 Å². The molecule has 1 fully saturated rings. The Balaban J connectivity index is 2.16. The smallest absolute Gasteiger partial charge is 0.424 e.